The number of ether oxygens (including phenoxy) is 1. The lowest BCUT2D eigenvalue weighted by Gasteiger charge is -2.36. The zero-order valence-corrected chi connectivity index (χ0v) is 12.4. The van der Waals surface area contributed by atoms with Gasteiger partial charge in [-0.3, -0.25) is 0 Å². The molecule has 1 saturated heterocycles. The number of hydrogen-bond donors (Lipinski definition) is 1. The Bertz CT molecular complexity index is 391. The molecule has 1 aliphatic rings. The maximum Gasteiger partial charge on any atom is 0.0484 e. The van der Waals surface area contributed by atoms with Crippen molar-refractivity contribution in [2.75, 3.05) is 26.8 Å². The Kier molecular flexibility index (Phi) is 4.78. The van der Waals surface area contributed by atoms with E-state index >= 15 is 0 Å². The van der Waals surface area contributed by atoms with Crippen LogP contribution >= 0.6 is 15.9 Å². The lowest BCUT2D eigenvalue weighted by atomic mass is 9.91. The normalized spacial score (nSPS) is 19.1. The fourth-order valence-corrected chi connectivity index (χ4v) is 2.86. The van der Waals surface area contributed by atoms with Crippen LogP contribution in [-0.2, 0) is 11.3 Å². The summed E-state index contributed by atoms with van der Waals surface area (Å²) in [4.78, 5) is 2.30. The summed E-state index contributed by atoms with van der Waals surface area (Å²) in [6.45, 7) is 3.41. The van der Waals surface area contributed by atoms with Crippen molar-refractivity contribution < 1.29 is 4.74 Å². The number of hydrogen-bond acceptors (Lipinski definition) is 3. The molecule has 1 aromatic rings. The zero-order valence-electron chi connectivity index (χ0n) is 10.9. The van der Waals surface area contributed by atoms with Crippen molar-refractivity contribution in [1.29, 1.82) is 0 Å². The molecule has 1 fully saturated rings. The van der Waals surface area contributed by atoms with Gasteiger partial charge >= 0.3 is 0 Å². The van der Waals surface area contributed by atoms with E-state index in [0.29, 0.717) is 0 Å². The Hall–Kier alpha value is -0.420. The predicted molar refractivity (Wildman–Crippen MR) is 77.4 cm³/mol. The first-order valence-corrected chi connectivity index (χ1v) is 7.17. The van der Waals surface area contributed by atoms with Gasteiger partial charge in [-0.15, -0.1) is 0 Å². The Balaban J connectivity index is 1.92. The maximum absolute atomic E-state index is 6.42. The van der Waals surface area contributed by atoms with Gasteiger partial charge < -0.3 is 15.4 Å². The molecule has 0 aromatic heterocycles. The molecule has 2 N–H and O–H groups in total. The Morgan fingerprint density at radius 1 is 1.33 bits per heavy atom. The number of nitrogens with two attached hydrogens (primary N) is 1. The molecular formula is C14H21BrN2O. The van der Waals surface area contributed by atoms with Crippen LogP contribution in [0.2, 0.25) is 0 Å². The summed E-state index contributed by atoms with van der Waals surface area (Å²) >= 11 is 3.59. The molecule has 0 saturated carbocycles. The molecule has 0 atom stereocenters. The molecule has 0 spiro atoms. The predicted octanol–water partition coefficient (Wildman–Crippen LogP) is 2.39. The second-order valence-corrected chi connectivity index (χ2v) is 6.09. The number of likely N-dealkylation sites (N-methyl/N-ethyl adjacent to an activating group) is 1. The highest BCUT2D eigenvalue weighted by Gasteiger charge is 2.29. The van der Waals surface area contributed by atoms with Gasteiger partial charge in [0.25, 0.3) is 0 Å². The number of nitrogens with zero attached hydrogens (tertiary/aromatic N) is 1. The quantitative estimate of drug-likeness (QED) is 0.927. The van der Waals surface area contributed by atoms with Gasteiger partial charge in [0.15, 0.2) is 0 Å². The van der Waals surface area contributed by atoms with Crippen LogP contribution in [0.25, 0.3) is 0 Å². The van der Waals surface area contributed by atoms with Crippen LogP contribution in [-0.4, -0.2) is 37.2 Å². The maximum atomic E-state index is 6.42. The van der Waals surface area contributed by atoms with Gasteiger partial charge in [-0.1, -0.05) is 34.1 Å². The van der Waals surface area contributed by atoms with Gasteiger partial charge in [0, 0.05) is 36.3 Å². The van der Waals surface area contributed by atoms with Crippen LogP contribution in [0.4, 0.5) is 0 Å². The fourth-order valence-electron chi connectivity index (χ4n) is 2.45. The average molecular weight is 313 g/mol. The summed E-state index contributed by atoms with van der Waals surface area (Å²) in [5, 5.41) is 0. The van der Waals surface area contributed by atoms with E-state index in [9.17, 15) is 0 Å². The lowest BCUT2D eigenvalue weighted by molar-refractivity contribution is 0.0402. The standard InChI is InChI=1S/C14H21BrN2O/c1-17(10-12-4-2-3-5-13(12)15)11-14(16)6-8-18-9-7-14/h2-5H,6-11,16H2,1H3. The van der Waals surface area contributed by atoms with E-state index in [1.807, 2.05) is 6.07 Å². The molecule has 3 nitrogen and oxygen atoms in total. The molecule has 0 aliphatic carbocycles. The minimum Gasteiger partial charge on any atom is -0.381 e. The lowest BCUT2D eigenvalue weighted by Crippen LogP contribution is -2.52. The van der Waals surface area contributed by atoms with Gasteiger partial charge in [0.05, 0.1) is 0 Å². The number of benzene rings is 1. The van der Waals surface area contributed by atoms with Crippen molar-refractivity contribution in [1.82, 2.24) is 4.90 Å². The second-order valence-electron chi connectivity index (χ2n) is 5.24. The minimum absolute atomic E-state index is 0.0890. The highest BCUT2D eigenvalue weighted by atomic mass is 79.9. The van der Waals surface area contributed by atoms with E-state index in [1.54, 1.807) is 0 Å². The molecule has 0 bridgehead atoms. The summed E-state index contributed by atoms with van der Waals surface area (Å²) < 4.78 is 6.54. The molecule has 0 radical (unpaired) electrons. The molecule has 1 heterocycles. The highest BCUT2D eigenvalue weighted by molar-refractivity contribution is 9.10. The zero-order chi connectivity index (χ0) is 13.0. The first kappa shape index (κ1) is 14.0. The second kappa shape index (κ2) is 6.15. The fraction of sp³-hybridized carbons (Fsp3) is 0.571. The van der Waals surface area contributed by atoms with Crippen LogP contribution in [0, 0.1) is 0 Å². The third-order valence-electron chi connectivity index (χ3n) is 3.47. The number of rotatable bonds is 4. The van der Waals surface area contributed by atoms with Crippen molar-refractivity contribution in [2.24, 2.45) is 5.73 Å². The topological polar surface area (TPSA) is 38.5 Å². The third-order valence-corrected chi connectivity index (χ3v) is 4.25. The first-order chi connectivity index (χ1) is 8.59. The average Bonchev–Trinajstić information content (AvgIpc) is 2.32. The Morgan fingerprint density at radius 3 is 2.67 bits per heavy atom. The molecule has 1 aliphatic heterocycles. The van der Waals surface area contributed by atoms with E-state index < -0.39 is 0 Å². The van der Waals surface area contributed by atoms with E-state index in [4.69, 9.17) is 10.5 Å². The Morgan fingerprint density at radius 2 is 2.00 bits per heavy atom. The molecule has 18 heavy (non-hydrogen) atoms. The van der Waals surface area contributed by atoms with Crippen LogP contribution in [0.15, 0.2) is 28.7 Å². The highest BCUT2D eigenvalue weighted by Crippen LogP contribution is 2.21. The van der Waals surface area contributed by atoms with Crippen molar-refractivity contribution in [3.05, 3.63) is 34.3 Å². The van der Waals surface area contributed by atoms with Gasteiger partial charge in [-0.2, -0.15) is 0 Å². The van der Waals surface area contributed by atoms with Crippen LogP contribution in [0.3, 0.4) is 0 Å². The summed E-state index contributed by atoms with van der Waals surface area (Å²) in [5.41, 5.74) is 7.63. The van der Waals surface area contributed by atoms with E-state index in [2.05, 4.69) is 46.1 Å². The monoisotopic (exact) mass is 312 g/mol. The number of halogens is 1. The van der Waals surface area contributed by atoms with Crippen molar-refractivity contribution >= 4 is 15.9 Å². The van der Waals surface area contributed by atoms with Crippen molar-refractivity contribution in [3.63, 3.8) is 0 Å². The minimum atomic E-state index is -0.0890. The van der Waals surface area contributed by atoms with Crippen LogP contribution in [0.1, 0.15) is 18.4 Å². The molecule has 0 unspecified atom stereocenters. The molecule has 1 aromatic carbocycles. The Labute approximate surface area is 117 Å². The van der Waals surface area contributed by atoms with E-state index in [0.717, 1.165) is 43.6 Å². The van der Waals surface area contributed by atoms with E-state index in [-0.39, 0.29) is 5.54 Å². The SMILES string of the molecule is CN(Cc1ccccc1Br)CC1(N)CCOCC1. The summed E-state index contributed by atoms with van der Waals surface area (Å²) in [7, 11) is 2.13. The van der Waals surface area contributed by atoms with Gasteiger partial charge in [-0.25, -0.2) is 0 Å². The van der Waals surface area contributed by atoms with Crippen molar-refractivity contribution in [3.8, 4) is 0 Å². The van der Waals surface area contributed by atoms with Gasteiger partial charge in [0.1, 0.15) is 0 Å². The molecular weight excluding hydrogens is 292 g/mol. The first-order valence-electron chi connectivity index (χ1n) is 6.38. The molecule has 100 valence electrons. The summed E-state index contributed by atoms with van der Waals surface area (Å²) in [5.74, 6) is 0. The van der Waals surface area contributed by atoms with Crippen LogP contribution in [0.5, 0.6) is 0 Å². The van der Waals surface area contributed by atoms with E-state index in [1.165, 1.54) is 5.56 Å². The molecule has 0 amide bonds. The van der Waals surface area contributed by atoms with Gasteiger partial charge in [-0.05, 0) is 31.5 Å². The molecule has 2 rings (SSSR count). The summed E-state index contributed by atoms with van der Waals surface area (Å²) in [6, 6.07) is 8.33. The van der Waals surface area contributed by atoms with Crippen molar-refractivity contribution in [2.45, 2.75) is 24.9 Å². The summed E-state index contributed by atoms with van der Waals surface area (Å²) in [6.07, 6.45) is 1.90. The smallest absolute Gasteiger partial charge is 0.0484 e. The largest absolute Gasteiger partial charge is 0.381 e. The van der Waals surface area contributed by atoms with Crippen LogP contribution < -0.4 is 5.73 Å². The van der Waals surface area contributed by atoms with Gasteiger partial charge in [0.2, 0.25) is 0 Å². The molecule has 4 heteroatoms. The third kappa shape index (κ3) is 3.79.